The number of aryl methyl sites for hydroxylation is 1. The summed E-state index contributed by atoms with van der Waals surface area (Å²) in [5.41, 5.74) is 0.370. The van der Waals surface area contributed by atoms with Crippen LogP contribution in [0.2, 0.25) is 0 Å². The molecule has 1 aliphatic rings. The fourth-order valence-corrected chi connectivity index (χ4v) is 3.18. The molecule has 1 saturated carbocycles. The summed E-state index contributed by atoms with van der Waals surface area (Å²) >= 11 is 6.18. The summed E-state index contributed by atoms with van der Waals surface area (Å²) in [6.45, 7) is 3.19. The summed E-state index contributed by atoms with van der Waals surface area (Å²) in [5.74, 6) is 0.807. The van der Waals surface area contributed by atoms with Crippen molar-refractivity contribution in [1.82, 2.24) is 14.9 Å². The van der Waals surface area contributed by atoms with Gasteiger partial charge in [-0.3, -0.25) is 0 Å². The zero-order valence-corrected chi connectivity index (χ0v) is 11.8. The first-order valence-corrected chi connectivity index (χ1v) is 7.61. The van der Waals surface area contributed by atoms with Crippen LogP contribution in [0.3, 0.4) is 0 Å². The number of alkyl halides is 1. The van der Waals surface area contributed by atoms with Gasteiger partial charge in [-0.25, -0.2) is 4.98 Å². The molecule has 18 heavy (non-hydrogen) atoms. The van der Waals surface area contributed by atoms with Crippen LogP contribution >= 0.6 is 11.6 Å². The van der Waals surface area contributed by atoms with Crippen molar-refractivity contribution in [3.8, 4) is 0 Å². The van der Waals surface area contributed by atoms with Gasteiger partial charge in [-0.1, -0.05) is 19.3 Å². The van der Waals surface area contributed by atoms with E-state index in [0.717, 1.165) is 31.9 Å². The minimum atomic E-state index is 0.370. The number of hydrogen-bond acceptors (Lipinski definition) is 2. The highest BCUT2D eigenvalue weighted by Crippen LogP contribution is 2.36. The highest BCUT2D eigenvalue weighted by molar-refractivity contribution is 6.18. The molecule has 0 aromatic carbocycles. The lowest BCUT2D eigenvalue weighted by Crippen LogP contribution is -2.38. The minimum Gasteiger partial charge on any atom is -0.337 e. The number of hydrogen-bond donors (Lipinski definition) is 1. The van der Waals surface area contributed by atoms with Gasteiger partial charge in [0.15, 0.2) is 0 Å². The second-order valence-corrected chi connectivity index (χ2v) is 5.79. The quantitative estimate of drug-likeness (QED) is 0.609. The van der Waals surface area contributed by atoms with Crippen molar-refractivity contribution >= 4 is 11.6 Å². The first-order valence-electron chi connectivity index (χ1n) is 7.07. The molecule has 1 aliphatic carbocycles. The molecular weight excluding hydrogens is 246 g/mol. The maximum atomic E-state index is 6.18. The van der Waals surface area contributed by atoms with Gasteiger partial charge >= 0.3 is 0 Å². The molecule has 1 fully saturated rings. The van der Waals surface area contributed by atoms with E-state index in [0.29, 0.717) is 5.41 Å². The molecule has 102 valence electrons. The predicted molar refractivity (Wildman–Crippen MR) is 76.0 cm³/mol. The van der Waals surface area contributed by atoms with Crippen LogP contribution in [-0.4, -0.2) is 28.5 Å². The van der Waals surface area contributed by atoms with Gasteiger partial charge in [0.2, 0.25) is 0 Å². The van der Waals surface area contributed by atoms with Crippen molar-refractivity contribution in [2.45, 2.75) is 45.1 Å². The normalized spacial score (nSPS) is 18.9. The van der Waals surface area contributed by atoms with Gasteiger partial charge in [0.25, 0.3) is 0 Å². The zero-order valence-electron chi connectivity index (χ0n) is 11.1. The molecule has 1 heterocycles. The lowest BCUT2D eigenvalue weighted by molar-refractivity contribution is 0.212. The van der Waals surface area contributed by atoms with Crippen molar-refractivity contribution < 1.29 is 0 Å². The molecule has 2 rings (SSSR count). The fraction of sp³-hybridized carbons (Fsp3) is 0.786. The molecule has 0 aliphatic heterocycles. The molecule has 1 aromatic rings. The van der Waals surface area contributed by atoms with Gasteiger partial charge < -0.3 is 9.88 Å². The molecule has 0 saturated heterocycles. The molecular formula is C14H24ClN3. The fourth-order valence-electron chi connectivity index (χ4n) is 2.82. The molecule has 0 bridgehead atoms. The Morgan fingerprint density at radius 2 is 2.11 bits per heavy atom. The van der Waals surface area contributed by atoms with E-state index in [1.54, 1.807) is 0 Å². The van der Waals surface area contributed by atoms with Crippen molar-refractivity contribution in [3.05, 3.63) is 18.7 Å². The topological polar surface area (TPSA) is 29.9 Å². The Labute approximate surface area is 115 Å². The maximum Gasteiger partial charge on any atom is 0.0945 e. The highest BCUT2D eigenvalue weighted by atomic mass is 35.5. The molecule has 1 aromatic heterocycles. The van der Waals surface area contributed by atoms with Gasteiger partial charge in [-0.15, -0.1) is 11.6 Å². The van der Waals surface area contributed by atoms with E-state index in [9.17, 15) is 0 Å². The second kappa shape index (κ2) is 7.15. The zero-order chi connectivity index (χ0) is 12.7. The Hall–Kier alpha value is -0.540. The van der Waals surface area contributed by atoms with Gasteiger partial charge in [0.05, 0.1) is 6.33 Å². The third-order valence-corrected chi connectivity index (χ3v) is 4.59. The number of nitrogens with one attached hydrogen (secondary N) is 1. The van der Waals surface area contributed by atoms with E-state index in [4.69, 9.17) is 11.6 Å². The van der Waals surface area contributed by atoms with Gasteiger partial charge in [0.1, 0.15) is 0 Å². The van der Waals surface area contributed by atoms with Crippen molar-refractivity contribution in [2.75, 3.05) is 19.0 Å². The maximum absolute atomic E-state index is 6.18. The van der Waals surface area contributed by atoms with Crippen molar-refractivity contribution in [3.63, 3.8) is 0 Å². The monoisotopic (exact) mass is 269 g/mol. The SMILES string of the molecule is ClCC1(CNCCCn2ccnc2)CCCCC1. The lowest BCUT2D eigenvalue weighted by Gasteiger charge is -2.35. The molecule has 1 N–H and O–H groups in total. The lowest BCUT2D eigenvalue weighted by atomic mass is 9.75. The molecule has 0 unspecified atom stereocenters. The van der Waals surface area contributed by atoms with Crippen LogP contribution in [-0.2, 0) is 6.54 Å². The van der Waals surface area contributed by atoms with E-state index in [1.807, 2.05) is 18.7 Å². The molecule has 0 radical (unpaired) electrons. The average molecular weight is 270 g/mol. The largest absolute Gasteiger partial charge is 0.337 e. The first kappa shape index (κ1) is 13.9. The second-order valence-electron chi connectivity index (χ2n) is 5.53. The van der Waals surface area contributed by atoms with Crippen molar-refractivity contribution in [1.29, 1.82) is 0 Å². The third-order valence-electron chi connectivity index (χ3n) is 4.03. The van der Waals surface area contributed by atoms with E-state index >= 15 is 0 Å². The molecule has 4 heteroatoms. The number of aromatic nitrogens is 2. The summed E-state index contributed by atoms with van der Waals surface area (Å²) in [7, 11) is 0. The number of nitrogens with zero attached hydrogens (tertiary/aromatic N) is 2. The number of halogens is 1. The number of rotatable bonds is 7. The van der Waals surface area contributed by atoms with E-state index in [2.05, 4.69) is 14.9 Å². The van der Waals surface area contributed by atoms with Gasteiger partial charge in [-0.2, -0.15) is 0 Å². The van der Waals surface area contributed by atoms with Crippen molar-refractivity contribution in [2.24, 2.45) is 5.41 Å². The standard InChI is InChI=1S/C14H24ClN3/c15-11-14(5-2-1-3-6-14)12-16-7-4-9-18-10-8-17-13-18/h8,10,13,16H,1-7,9,11-12H2. The Bertz CT molecular complexity index is 318. The van der Waals surface area contributed by atoms with Gasteiger partial charge in [-0.05, 0) is 31.2 Å². The van der Waals surface area contributed by atoms with Crippen LogP contribution < -0.4 is 5.32 Å². The van der Waals surface area contributed by atoms with Crippen LogP contribution in [0.1, 0.15) is 38.5 Å². The van der Waals surface area contributed by atoms with Crippen LogP contribution in [0.15, 0.2) is 18.7 Å². The minimum absolute atomic E-state index is 0.370. The number of imidazole rings is 1. The Morgan fingerprint density at radius 3 is 2.78 bits per heavy atom. The summed E-state index contributed by atoms with van der Waals surface area (Å²) in [5, 5.41) is 3.59. The molecule has 0 amide bonds. The van der Waals surface area contributed by atoms with E-state index in [1.165, 1.54) is 32.1 Å². The molecule has 0 atom stereocenters. The smallest absolute Gasteiger partial charge is 0.0945 e. The van der Waals surface area contributed by atoms with Crippen LogP contribution in [0, 0.1) is 5.41 Å². The van der Waals surface area contributed by atoms with Crippen LogP contribution in [0.25, 0.3) is 0 Å². The summed E-state index contributed by atoms with van der Waals surface area (Å²) in [4.78, 5) is 4.04. The molecule has 0 spiro atoms. The Balaban J connectivity index is 1.61. The summed E-state index contributed by atoms with van der Waals surface area (Å²) in [6.07, 6.45) is 13.6. The third kappa shape index (κ3) is 3.99. The van der Waals surface area contributed by atoms with Crippen LogP contribution in [0.5, 0.6) is 0 Å². The Morgan fingerprint density at radius 1 is 1.28 bits per heavy atom. The summed E-state index contributed by atoms with van der Waals surface area (Å²) in [6, 6.07) is 0. The van der Waals surface area contributed by atoms with E-state index < -0.39 is 0 Å². The predicted octanol–water partition coefficient (Wildman–Crippen LogP) is 3.05. The van der Waals surface area contributed by atoms with Gasteiger partial charge in [0, 0.05) is 31.4 Å². The van der Waals surface area contributed by atoms with E-state index in [-0.39, 0.29) is 0 Å². The first-order chi connectivity index (χ1) is 8.85. The highest BCUT2D eigenvalue weighted by Gasteiger charge is 2.30. The summed E-state index contributed by atoms with van der Waals surface area (Å²) < 4.78 is 2.12. The molecule has 3 nitrogen and oxygen atoms in total. The van der Waals surface area contributed by atoms with Crippen LogP contribution in [0.4, 0.5) is 0 Å². The average Bonchev–Trinajstić information content (AvgIpc) is 2.93. The Kier molecular flexibility index (Phi) is 5.51.